The number of unbranched alkanes of at least 4 members (excludes halogenated alkanes) is 7. The lowest BCUT2D eigenvalue weighted by Crippen LogP contribution is -2.33. The van der Waals surface area contributed by atoms with Crippen LogP contribution in [-0.4, -0.2) is 55.7 Å². The number of hydrogen-bond acceptors (Lipinski definition) is 7. The van der Waals surface area contributed by atoms with Gasteiger partial charge in [-0.1, -0.05) is 64.0 Å². The number of phenolic OH excluding ortho intramolecular Hbond substituents is 1. The van der Waals surface area contributed by atoms with Crippen molar-refractivity contribution in [2.45, 2.75) is 113 Å². The second kappa shape index (κ2) is 17.5. The minimum Gasteiger partial charge on any atom is -0.508 e. The lowest BCUT2D eigenvalue weighted by Gasteiger charge is -2.38. The Kier molecular flexibility index (Phi) is 15.2. The second-order valence-corrected chi connectivity index (χ2v) is 13.0. The monoisotopic (exact) mass is 526 g/mol. The minimum atomic E-state index is -0.885. The molecule has 1 aromatic carbocycles. The van der Waals surface area contributed by atoms with Crippen LogP contribution in [0.1, 0.15) is 96.0 Å². The fourth-order valence-corrected chi connectivity index (χ4v) is 7.94. The highest BCUT2D eigenvalue weighted by molar-refractivity contribution is 8.18. The lowest BCUT2D eigenvalue weighted by molar-refractivity contribution is -0.146. The van der Waals surface area contributed by atoms with Gasteiger partial charge in [0.05, 0.1) is 29.3 Å². The van der Waals surface area contributed by atoms with E-state index in [2.05, 4.69) is 6.92 Å². The van der Waals surface area contributed by atoms with Crippen LogP contribution in [0.25, 0.3) is 0 Å². The summed E-state index contributed by atoms with van der Waals surface area (Å²) in [5.74, 6) is 2.04. The molecule has 3 N–H and O–H groups in total. The Labute approximate surface area is 220 Å². The SMILES string of the molecule is CCCCCCCCCCOC(=O)CC(O)C[C@@H](O)CC1(CCc2ccc(O)cc2)SCCCS1. The van der Waals surface area contributed by atoms with Crippen LogP contribution in [0, 0.1) is 0 Å². The molecule has 1 aromatic rings. The molecule has 0 spiro atoms. The first-order valence-electron chi connectivity index (χ1n) is 13.5. The first kappa shape index (κ1) is 30.3. The number of carbonyl (C=O) groups excluding carboxylic acids is 1. The predicted molar refractivity (Wildman–Crippen MR) is 148 cm³/mol. The Morgan fingerprint density at radius 3 is 2.26 bits per heavy atom. The molecule has 1 aliphatic rings. The van der Waals surface area contributed by atoms with E-state index in [0.29, 0.717) is 13.0 Å². The summed E-state index contributed by atoms with van der Waals surface area (Å²) in [6, 6.07) is 7.31. The van der Waals surface area contributed by atoms with Crippen LogP contribution in [0.4, 0.5) is 0 Å². The molecule has 5 nitrogen and oxygen atoms in total. The number of aliphatic hydroxyl groups excluding tert-OH is 2. The van der Waals surface area contributed by atoms with E-state index in [1.807, 2.05) is 35.7 Å². The van der Waals surface area contributed by atoms with E-state index >= 15 is 0 Å². The van der Waals surface area contributed by atoms with Gasteiger partial charge in [-0.3, -0.25) is 4.79 Å². The zero-order chi connectivity index (χ0) is 25.4. The number of rotatable bonds is 18. The number of esters is 1. The molecular weight excluding hydrogens is 480 g/mol. The van der Waals surface area contributed by atoms with Crippen LogP contribution in [0.15, 0.2) is 24.3 Å². The second-order valence-electron chi connectivity index (χ2n) is 9.77. The Balaban J connectivity index is 1.66. The molecule has 200 valence electrons. The van der Waals surface area contributed by atoms with Gasteiger partial charge in [0.15, 0.2) is 0 Å². The van der Waals surface area contributed by atoms with Crippen molar-refractivity contribution in [3.8, 4) is 5.75 Å². The van der Waals surface area contributed by atoms with Gasteiger partial charge in [0.2, 0.25) is 0 Å². The summed E-state index contributed by atoms with van der Waals surface area (Å²) in [5.41, 5.74) is 1.17. The van der Waals surface area contributed by atoms with Gasteiger partial charge in [0, 0.05) is 0 Å². The van der Waals surface area contributed by atoms with Gasteiger partial charge < -0.3 is 20.1 Å². The number of benzene rings is 1. The van der Waals surface area contributed by atoms with Crippen LogP contribution in [0.2, 0.25) is 0 Å². The van der Waals surface area contributed by atoms with Crippen molar-refractivity contribution in [2.24, 2.45) is 0 Å². The number of carbonyl (C=O) groups is 1. The number of aryl methyl sites for hydroxylation is 1. The van der Waals surface area contributed by atoms with E-state index < -0.39 is 12.2 Å². The van der Waals surface area contributed by atoms with Gasteiger partial charge in [-0.2, -0.15) is 0 Å². The summed E-state index contributed by atoms with van der Waals surface area (Å²) in [6.07, 6.45) is 11.7. The van der Waals surface area contributed by atoms with Crippen molar-refractivity contribution in [2.75, 3.05) is 18.1 Å². The molecule has 0 radical (unpaired) electrons. The number of phenols is 1. The van der Waals surface area contributed by atoms with E-state index in [1.165, 1.54) is 50.5 Å². The molecule has 1 aliphatic heterocycles. The maximum atomic E-state index is 12.1. The maximum absolute atomic E-state index is 12.1. The summed E-state index contributed by atoms with van der Waals surface area (Å²) < 4.78 is 5.21. The molecule has 7 heteroatoms. The average molecular weight is 527 g/mol. The van der Waals surface area contributed by atoms with E-state index in [0.717, 1.165) is 37.2 Å². The molecular formula is C28H46O5S2. The summed E-state index contributed by atoms with van der Waals surface area (Å²) in [5, 5.41) is 30.7. The van der Waals surface area contributed by atoms with E-state index in [4.69, 9.17) is 4.74 Å². The largest absolute Gasteiger partial charge is 0.508 e. The van der Waals surface area contributed by atoms with Crippen molar-refractivity contribution in [3.63, 3.8) is 0 Å². The summed E-state index contributed by atoms with van der Waals surface area (Å²) in [6.45, 7) is 2.63. The first-order chi connectivity index (χ1) is 16.9. The smallest absolute Gasteiger partial charge is 0.308 e. The van der Waals surface area contributed by atoms with Crippen molar-refractivity contribution in [3.05, 3.63) is 29.8 Å². The van der Waals surface area contributed by atoms with Crippen molar-refractivity contribution < 1.29 is 24.9 Å². The number of ether oxygens (including phenoxy) is 1. The molecule has 0 saturated carbocycles. The van der Waals surface area contributed by atoms with Gasteiger partial charge in [0.1, 0.15) is 5.75 Å². The Morgan fingerprint density at radius 1 is 0.971 bits per heavy atom. The fourth-order valence-electron chi connectivity index (χ4n) is 4.49. The predicted octanol–water partition coefficient (Wildman–Crippen LogP) is 6.47. The van der Waals surface area contributed by atoms with Gasteiger partial charge in [0.25, 0.3) is 0 Å². The van der Waals surface area contributed by atoms with Crippen molar-refractivity contribution in [1.29, 1.82) is 0 Å². The molecule has 35 heavy (non-hydrogen) atoms. The highest BCUT2D eigenvalue weighted by atomic mass is 32.2. The Morgan fingerprint density at radius 2 is 1.60 bits per heavy atom. The lowest BCUT2D eigenvalue weighted by atomic mass is 10.0. The number of aliphatic hydroxyl groups is 2. The molecule has 0 bridgehead atoms. The van der Waals surface area contributed by atoms with Crippen molar-refractivity contribution in [1.82, 2.24) is 0 Å². The van der Waals surface area contributed by atoms with E-state index in [1.54, 1.807) is 12.1 Å². The summed E-state index contributed by atoms with van der Waals surface area (Å²) in [7, 11) is 0. The van der Waals surface area contributed by atoms with Crippen LogP contribution < -0.4 is 0 Å². The third-order valence-corrected chi connectivity index (χ3v) is 9.99. The van der Waals surface area contributed by atoms with E-state index in [9.17, 15) is 20.1 Å². The van der Waals surface area contributed by atoms with Crippen molar-refractivity contribution >= 4 is 29.5 Å². The molecule has 1 unspecified atom stereocenters. The van der Waals surface area contributed by atoms with E-state index in [-0.39, 0.29) is 28.6 Å². The highest BCUT2D eigenvalue weighted by Gasteiger charge is 2.36. The quantitative estimate of drug-likeness (QED) is 0.149. The average Bonchev–Trinajstić information content (AvgIpc) is 2.83. The van der Waals surface area contributed by atoms with Gasteiger partial charge in [-0.15, -0.1) is 23.5 Å². The fraction of sp³-hybridized carbons (Fsp3) is 0.750. The molecule has 0 aliphatic carbocycles. The number of thioether (sulfide) groups is 2. The Hall–Kier alpha value is -0.890. The molecule has 1 saturated heterocycles. The third-order valence-electron chi connectivity index (χ3n) is 6.50. The van der Waals surface area contributed by atoms with Gasteiger partial charge in [-0.05, 0) is 67.7 Å². The zero-order valence-electron chi connectivity index (χ0n) is 21.5. The standard InChI is InChI=1S/C28H46O5S2/c1-2-3-4-5-6-7-8-9-17-33-27(32)21-25(30)20-26(31)22-28(34-18-10-19-35-28)16-15-23-11-13-24(29)14-12-23/h11-14,25-26,29-31H,2-10,15-22H2,1H3/t25?,26-/m1/s1. The molecule has 1 fully saturated rings. The molecule has 2 rings (SSSR count). The molecule has 0 amide bonds. The third kappa shape index (κ3) is 13.3. The van der Waals surface area contributed by atoms with Crippen LogP contribution >= 0.6 is 23.5 Å². The molecule has 1 heterocycles. The molecule has 0 aromatic heterocycles. The number of hydrogen-bond donors (Lipinski definition) is 3. The topological polar surface area (TPSA) is 87.0 Å². The summed E-state index contributed by atoms with van der Waals surface area (Å²) in [4.78, 5) is 12.1. The normalized spacial score (nSPS) is 17.1. The summed E-state index contributed by atoms with van der Waals surface area (Å²) >= 11 is 3.81. The number of aromatic hydroxyl groups is 1. The van der Waals surface area contributed by atoms with Gasteiger partial charge >= 0.3 is 5.97 Å². The Bertz CT molecular complexity index is 691. The molecule has 2 atom stereocenters. The van der Waals surface area contributed by atoms with Gasteiger partial charge in [-0.25, -0.2) is 0 Å². The minimum absolute atomic E-state index is 0.0606. The zero-order valence-corrected chi connectivity index (χ0v) is 23.1. The van der Waals surface area contributed by atoms with Crippen LogP contribution in [0.3, 0.4) is 0 Å². The maximum Gasteiger partial charge on any atom is 0.308 e. The van der Waals surface area contributed by atoms with Crippen LogP contribution in [-0.2, 0) is 16.0 Å². The first-order valence-corrected chi connectivity index (χ1v) is 15.5. The highest BCUT2D eigenvalue weighted by Crippen LogP contribution is 2.49. The van der Waals surface area contributed by atoms with Crippen LogP contribution in [0.5, 0.6) is 5.75 Å².